The predicted molar refractivity (Wildman–Crippen MR) is 104 cm³/mol. The van der Waals surface area contributed by atoms with Gasteiger partial charge in [0.05, 0.1) is 11.3 Å². The zero-order valence-corrected chi connectivity index (χ0v) is 15.3. The Kier molecular flexibility index (Phi) is 5.39. The Labute approximate surface area is 150 Å². The molecule has 1 aliphatic rings. The molecular formula is C21H27N3O. The molecule has 0 bridgehead atoms. The quantitative estimate of drug-likeness (QED) is 0.874. The van der Waals surface area contributed by atoms with Crippen LogP contribution in [0.25, 0.3) is 0 Å². The first-order chi connectivity index (χ1) is 12.1. The first-order valence-corrected chi connectivity index (χ1v) is 8.96. The van der Waals surface area contributed by atoms with Crippen molar-refractivity contribution >= 4 is 17.3 Å². The molecule has 4 nitrogen and oxygen atoms in total. The largest absolute Gasteiger partial charge is 0.355 e. The summed E-state index contributed by atoms with van der Waals surface area (Å²) in [7, 11) is 1.97. The summed E-state index contributed by atoms with van der Waals surface area (Å²) in [6, 6.07) is 14.0. The zero-order chi connectivity index (χ0) is 17.8. The second kappa shape index (κ2) is 7.70. The van der Waals surface area contributed by atoms with Gasteiger partial charge in [-0.3, -0.25) is 4.79 Å². The monoisotopic (exact) mass is 337 g/mol. The van der Waals surface area contributed by atoms with Crippen molar-refractivity contribution in [1.29, 1.82) is 0 Å². The van der Waals surface area contributed by atoms with Crippen molar-refractivity contribution < 1.29 is 4.79 Å². The third-order valence-electron chi connectivity index (χ3n) is 5.10. The minimum absolute atomic E-state index is 0.118. The fourth-order valence-corrected chi connectivity index (χ4v) is 3.45. The van der Waals surface area contributed by atoms with Gasteiger partial charge in [0.2, 0.25) is 0 Å². The highest BCUT2D eigenvalue weighted by Gasteiger charge is 2.27. The first kappa shape index (κ1) is 17.5. The molecule has 4 heteroatoms. The van der Waals surface area contributed by atoms with Crippen molar-refractivity contribution in [2.45, 2.75) is 20.3 Å². The molecule has 1 saturated heterocycles. The van der Waals surface area contributed by atoms with Gasteiger partial charge in [-0.1, -0.05) is 24.3 Å². The molecule has 2 aromatic rings. The van der Waals surface area contributed by atoms with Gasteiger partial charge in [0.25, 0.3) is 5.91 Å². The minimum Gasteiger partial charge on any atom is -0.355 e. The molecule has 0 spiro atoms. The van der Waals surface area contributed by atoms with E-state index in [0.29, 0.717) is 5.92 Å². The van der Waals surface area contributed by atoms with Crippen LogP contribution in [0.3, 0.4) is 0 Å². The minimum atomic E-state index is 0.118. The van der Waals surface area contributed by atoms with Crippen LogP contribution in [0, 0.1) is 19.8 Å². The number of likely N-dealkylation sites (tertiary alicyclic amines) is 1. The molecule has 0 radical (unpaired) electrons. The van der Waals surface area contributed by atoms with E-state index in [2.05, 4.69) is 36.6 Å². The van der Waals surface area contributed by atoms with Crippen molar-refractivity contribution in [1.82, 2.24) is 10.2 Å². The lowest BCUT2D eigenvalue weighted by Gasteiger charge is -2.20. The summed E-state index contributed by atoms with van der Waals surface area (Å²) in [4.78, 5) is 15.0. The van der Waals surface area contributed by atoms with Crippen molar-refractivity contribution in [3.8, 4) is 0 Å². The van der Waals surface area contributed by atoms with Gasteiger partial charge in [0.15, 0.2) is 0 Å². The summed E-state index contributed by atoms with van der Waals surface area (Å²) < 4.78 is 0. The van der Waals surface area contributed by atoms with Crippen molar-refractivity contribution in [3.63, 3.8) is 0 Å². The van der Waals surface area contributed by atoms with Gasteiger partial charge in [-0.2, -0.15) is 0 Å². The van der Waals surface area contributed by atoms with Crippen LogP contribution in [-0.2, 0) is 0 Å². The summed E-state index contributed by atoms with van der Waals surface area (Å²) in [5, 5.41) is 6.68. The Hall–Kier alpha value is -2.33. The average Bonchev–Trinajstić information content (AvgIpc) is 3.08. The Morgan fingerprint density at radius 2 is 1.88 bits per heavy atom. The number of carbonyl (C=O) groups is 1. The van der Waals surface area contributed by atoms with E-state index in [9.17, 15) is 4.79 Å². The zero-order valence-electron chi connectivity index (χ0n) is 15.3. The summed E-state index contributed by atoms with van der Waals surface area (Å²) in [5.74, 6) is 0.667. The molecule has 1 atom stereocenters. The number of rotatable bonds is 5. The molecule has 0 unspecified atom stereocenters. The lowest BCUT2D eigenvalue weighted by molar-refractivity contribution is 0.0788. The van der Waals surface area contributed by atoms with Crippen LogP contribution in [0.4, 0.5) is 11.4 Å². The lowest BCUT2D eigenvalue weighted by atomic mass is 10.1. The number of amides is 1. The number of anilines is 2. The number of nitrogens with one attached hydrogen (secondary N) is 2. The van der Waals surface area contributed by atoms with E-state index in [1.807, 2.05) is 42.3 Å². The summed E-state index contributed by atoms with van der Waals surface area (Å²) in [6.07, 6.45) is 1.07. The number of aryl methyl sites for hydroxylation is 1. The van der Waals surface area contributed by atoms with E-state index < -0.39 is 0 Å². The van der Waals surface area contributed by atoms with Gasteiger partial charge >= 0.3 is 0 Å². The van der Waals surface area contributed by atoms with Crippen molar-refractivity contribution in [2.24, 2.45) is 5.92 Å². The van der Waals surface area contributed by atoms with Crippen LogP contribution in [0.15, 0.2) is 42.5 Å². The van der Waals surface area contributed by atoms with E-state index in [4.69, 9.17) is 0 Å². The standard InChI is InChI=1S/C21H27N3O/c1-15-7-6-10-19(16(15)2)23-20-9-5-4-8-18(20)21(25)24-12-11-17(14-24)13-22-3/h4-10,17,22-23H,11-14H2,1-3H3/t17-/m0/s1. The SMILES string of the molecule is CNC[C@@H]1CCN(C(=O)c2ccccc2Nc2cccc(C)c2C)C1. The van der Waals surface area contributed by atoms with E-state index in [1.165, 1.54) is 11.1 Å². The number of hydrogen-bond acceptors (Lipinski definition) is 3. The third kappa shape index (κ3) is 3.85. The highest BCUT2D eigenvalue weighted by molar-refractivity contribution is 6.00. The second-order valence-corrected chi connectivity index (χ2v) is 6.88. The van der Waals surface area contributed by atoms with E-state index >= 15 is 0 Å². The maximum atomic E-state index is 13.0. The van der Waals surface area contributed by atoms with Crippen molar-refractivity contribution in [3.05, 3.63) is 59.2 Å². The summed E-state index contributed by atoms with van der Waals surface area (Å²) in [6.45, 7) is 6.83. The molecule has 132 valence electrons. The van der Waals surface area contributed by atoms with Crippen molar-refractivity contribution in [2.75, 3.05) is 32.0 Å². The molecule has 2 N–H and O–H groups in total. The number of carbonyl (C=O) groups excluding carboxylic acids is 1. The number of hydrogen-bond donors (Lipinski definition) is 2. The molecule has 1 heterocycles. The maximum Gasteiger partial charge on any atom is 0.255 e. The van der Waals surface area contributed by atoms with Gasteiger partial charge in [-0.25, -0.2) is 0 Å². The van der Waals surface area contributed by atoms with Crippen LogP contribution < -0.4 is 10.6 Å². The second-order valence-electron chi connectivity index (χ2n) is 6.88. The fourth-order valence-electron chi connectivity index (χ4n) is 3.45. The van der Waals surface area contributed by atoms with Gasteiger partial charge in [-0.05, 0) is 69.1 Å². The molecule has 1 amide bonds. The van der Waals surface area contributed by atoms with Gasteiger partial charge in [-0.15, -0.1) is 0 Å². The highest BCUT2D eigenvalue weighted by atomic mass is 16.2. The maximum absolute atomic E-state index is 13.0. The molecule has 3 rings (SSSR count). The Balaban J connectivity index is 1.81. The normalized spacial score (nSPS) is 16.9. The number of nitrogens with zero attached hydrogens (tertiary/aromatic N) is 1. The molecule has 0 aliphatic carbocycles. The molecule has 2 aromatic carbocycles. The van der Waals surface area contributed by atoms with Crippen LogP contribution in [-0.4, -0.2) is 37.5 Å². The van der Waals surface area contributed by atoms with Crippen LogP contribution >= 0.6 is 0 Å². The molecule has 1 aliphatic heterocycles. The first-order valence-electron chi connectivity index (χ1n) is 8.96. The molecule has 25 heavy (non-hydrogen) atoms. The number of benzene rings is 2. The van der Waals surface area contributed by atoms with Crippen LogP contribution in [0.1, 0.15) is 27.9 Å². The Morgan fingerprint density at radius 3 is 2.68 bits per heavy atom. The van der Waals surface area contributed by atoms with Gasteiger partial charge in [0, 0.05) is 18.8 Å². The van der Waals surface area contributed by atoms with E-state index in [0.717, 1.165) is 43.0 Å². The predicted octanol–water partition coefficient (Wildman–Crippen LogP) is 3.73. The topological polar surface area (TPSA) is 44.4 Å². The molecule has 0 saturated carbocycles. The van der Waals surface area contributed by atoms with E-state index in [1.54, 1.807) is 0 Å². The van der Waals surface area contributed by atoms with Gasteiger partial charge < -0.3 is 15.5 Å². The van der Waals surface area contributed by atoms with E-state index in [-0.39, 0.29) is 5.91 Å². The Morgan fingerprint density at radius 1 is 1.12 bits per heavy atom. The highest BCUT2D eigenvalue weighted by Crippen LogP contribution is 2.27. The molecular weight excluding hydrogens is 310 g/mol. The molecule has 1 fully saturated rings. The van der Waals surface area contributed by atoms with Gasteiger partial charge in [0.1, 0.15) is 0 Å². The summed E-state index contributed by atoms with van der Waals surface area (Å²) in [5.41, 5.74) is 5.12. The smallest absolute Gasteiger partial charge is 0.255 e. The van der Waals surface area contributed by atoms with Crippen LogP contribution in [0.5, 0.6) is 0 Å². The Bertz CT molecular complexity index is 757. The average molecular weight is 337 g/mol. The summed E-state index contributed by atoms with van der Waals surface area (Å²) >= 11 is 0. The van der Waals surface area contributed by atoms with Crippen LogP contribution in [0.2, 0.25) is 0 Å². The number of para-hydroxylation sites is 1. The fraction of sp³-hybridized carbons (Fsp3) is 0.381. The third-order valence-corrected chi connectivity index (χ3v) is 5.10. The lowest BCUT2D eigenvalue weighted by Crippen LogP contribution is -2.30. The molecule has 0 aromatic heterocycles.